The van der Waals surface area contributed by atoms with Gasteiger partial charge in [0.2, 0.25) is 52.9 Å². The zero-order valence-electron chi connectivity index (χ0n) is 53.5. The summed E-state index contributed by atoms with van der Waals surface area (Å²) in [6.45, 7) is 15.4. The number of anilines is 8. The molecule has 10 aromatic carbocycles. The van der Waals surface area contributed by atoms with Gasteiger partial charge in [-0.2, -0.15) is 44.9 Å². The van der Waals surface area contributed by atoms with Crippen LogP contribution in [0.2, 0.25) is 5.28 Å². The van der Waals surface area contributed by atoms with Crippen LogP contribution in [-0.2, 0) is 39.3 Å². The van der Waals surface area contributed by atoms with Gasteiger partial charge in [0, 0.05) is 65.4 Å². The molecule has 0 aliphatic heterocycles. The third kappa shape index (κ3) is 14.5. The van der Waals surface area contributed by atoms with Crippen LogP contribution in [-0.4, -0.2) is 71.0 Å². The van der Waals surface area contributed by atoms with Crippen molar-refractivity contribution in [3.05, 3.63) is 196 Å². The van der Waals surface area contributed by atoms with Crippen LogP contribution in [0.5, 0.6) is 0 Å². The first-order valence-electron chi connectivity index (χ1n) is 33.1. The fraction of sp³-hybridized carbons (Fsp3) is 0.293. The Bertz CT molecular complexity index is 4340. The molecule has 472 valence electrons. The van der Waals surface area contributed by atoms with E-state index in [1.54, 1.807) is 0 Å². The molecule has 3 heterocycles. The second kappa shape index (κ2) is 29.1. The van der Waals surface area contributed by atoms with Crippen LogP contribution >= 0.6 is 11.6 Å². The molecule has 0 fully saturated rings. The van der Waals surface area contributed by atoms with Gasteiger partial charge in [-0.05, 0) is 135 Å². The molecule has 13 aromatic rings. The van der Waals surface area contributed by atoms with Gasteiger partial charge in [-0.3, -0.25) is 0 Å². The Morgan fingerprint density at radius 2 is 0.581 bits per heavy atom. The molecule has 0 saturated carbocycles. The summed E-state index contributed by atoms with van der Waals surface area (Å²) in [5.41, 5.74) is 6.56. The van der Waals surface area contributed by atoms with Crippen LogP contribution < -0.4 is 41.7 Å². The Kier molecular flexibility index (Phi) is 19.3. The van der Waals surface area contributed by atoms with E-state index in [-0.39, 0.29) is 5.28 Å². The summed E-state index contributed by atoms with van der Waals surface area (Å²) >= 11 is 6.55. The molecule has 6 N–H and O–H groups in total. The van der Waals surface area contributed by atoms with Crippen LogP contribution in [0.4, 0.5) is 47.6 Å². The Hall–Kier alpha value is -10.0. The molecule has 18 heteroatoms. The van der Waals surface area contributed by atoms with E-state index in [4.69, 9.17) is 46.5 Å². The van der Waals surface area contributed by atoms with E-state index >= 15 is 0 Å². The van der Waals surface area contributed by atoms with Gasteiger partial charge in [-0.1, -0.05) is 211 Å². The van der Waals surface area contributed by atoms with Gasteiger partial charge in [0.1, 0.15) is 0 Å². The minimum absolute atomic E-state index is 0.0832. The van der Waals surface area contributed by atoms with E-state index in [9.17, 15) is 0 Å². The van der Waals surface area contributed by atoms with Crippen molar-refractivity contribution < 1.29 is 0 Å². The van der Waals surface area contributed by atoms with Crippen molar-refractivity contribution in [2.75, 3.05) is 67.9 Å². The summed E-state index contributed by atoms with van der Waals surface area (Å²) in [5, 5.41) is 36.3. The minimum Gasteiger partial charge on any atom is -0.350 e. The van der Waals surface area contributed by atoms with Gasteiger partial charge in [0.15, 0.2) is 0 Å². The Labute approximate surface area is 548 Å². The first-order chi connectivity index (χ1) is 45.8. The van der Waals surface area contributed by atoms with E-state index in [1.807, 2.05) is 12.1 Å². The van der Waals surface area contributed by atoms with Crippen LogP contribution in [0.25, 0.3) is 64.6 Å². The Balaban J connectivity index is 0.651. The van der Waals surface area contributed by atoms with Crippen LogP contribution in [0.15, 0.2) is 158 Å². The lowest BCUT2D eigenvalue weighted by Crippen LogP contribution is -2.28. The van der Waals surface area contributed by atoms with Crippen molar-refractivity contribution in [2.24, 2.45) is 0 Å². The maximum atomic E-state index is 6.55. The van der Waals surface area contributed by atoms with E-state index in [1.165, 1.54) is 75.8 Å². The lowest BCUT2D eigenvalue weighted by Gasteiger charge is -2.23. The number of nitrogens with one attached hydrogen (secondary N) is 6. The number of hydrogen-bond donors (Lipinski definition) is 6. The average Bonchev–Trinajstić information content (AvgIpc) is 0.783. The molecule has 0 bridgehead atoms. The number of hydrogen-bond acceptors (Lipinski definition) is 17. The molecule has 13 rings (SSSR count). The van der Waals surface area contributed by atoms with Crippen LogP contribution in [0, 0.1) is 0 Å². The van der Waals surface area contributed by atoms with Crippen molar-refractivity contribution in [1.29, 1.82) is 0 Å². The molecule has 0 aliphatic carbocycles. The van der Waals surface area contributed by atoms with Crippen molar-refractivity contribution in [2.45, 2.75) is 118 Å². The summed E-state index contributed by atoms with van der Waals surface area (Å²) in [5.74, 6) is 4.15. The molecule has 0 unspecified atom stereocenters. The first-order valence-corrected chi connectivity index (χ1v) is 33.5. The molecule has 0 saturated heterocycles. The van der Waals surface area contributed by atoms with E-state index in [2.05, 4.69) is 225 Å². The smallest absolute Gasteiger partial charge is 0.231 e. The molecule has 0 aliphatic rings. The number of halogens is 1. The molecular weight excluding hydrogens is 1170 g/mol. The fourth-order valence-corrected chi connectivity index (χ4v) is 12.7. The summed E-state index contributed by atoms with van der Waals surface area (Å²) in [6.07, 6.45) is 8.49. The normalized spacial score (nSPS) is 11.6. The molecule has 0 amide bonds. The van der Waals surface area contributed by atoms with Crippen LogP contribution in [0.3, 0.4) is 0 Å². The van der Waals surface area contributed by atoms with E-state index < -0.39 is 0 Å². The third-order valence-corrected chi connectivity index (χ3v) is 17.6. The second-order valence-electron chi connectivity index (χ2n) is 24.1. The zero-order valence-corrected chi connectivity index (χ0v) is 54.3. The molecule has 0 radical (unpaired) electrons. The highest BCUT2D eigenvalue weighted by molar-refractivity contribution is 6.28. The maximum absolute atomic E-state index is 6.55. The number of rotatable bonds is 32. The monoisotopic (exact) mass is 1250 g/mol. The average molecular weight is 1260 g/mol. The lowest BCUT2D eigenvalue weighted by atomic mass is 9.92. The predicted molar refractivity (Wildman–Crippen MR) is 386 cm³/mol. The molecule has 0 spiro atoms. The van der Waals surface area contributed by atoms with Gasteiger partial charge in [-0.25, -0.2) is 0 Å². The lowest BCUT2D eigenvalue weighted by molar-refractivity contribution is 0.661. The van der Waals surface area contributed by atoms with E-state index in [0.29, 0.717) is 86.9 Å². The summed E-state index contributed by atoms with van der Waals surface area (Å²) in [4.78, 5) is 48.2. The fourth-order valence-electron chi connectivity index (χ4n) is 12.5. The number of unbranched alkanes of at least 4 members (excludes halogenated alkanes) is 4. The second-order valence-corrected chi connectivity index (χ2v) is 24.5. The number of nitrogens with zero attached hydrogens (tertiary/aromatic N) is 11. The highest BCUT2D eigenvalue weighted by Gasteiger charge is 2.19. The van der Waals surface area contributed by atoms with Gasteiger partial charge in [-0.15, -0.1) is 0 Å². The summed E-state index contributed by atoms with van der Waals surface area (Å²) in [6, 6.07) is 56.5. The van der Waals surface area contributed by atoms with Crippen molar-refractivity contribution in [1.82, 2.24) is 44.9 Å². The Morgan fingerprint density at radius 1 is 0.301 bits per heavy atom. The molecule has 93 heavy (non-hydrogen) atoms. The SMILES string of the molecule is CCCCN(CCCC)c1nc(NCc2cccc(CNc3nc(Cl)nc(NCc4cccc(CNc5nc(NCc6ccc7ccc8cccc9ccc6c7c89)nc(N(CCCC)CCCC)n5)c4)n3)c2)nc(NCc2ccc3ccc4cccc5ccc2c3c45)n1. The minimum atomic E-state index is 0.0832. The topological polar surface area (TPSA) is 195 Å². The summed E-state index contributed by atoms with van der Waals surface area (Å²) in [7, 11) is 0. The summed E-state index contributed by atoms with van der Waals surface area (Å²) < 4.78 is 0. The first kappa shape index (κ1) is 61.8. The van der Waals surface area contributed by atoms with E-state index in [0.717, 1.165) is 99.8 Å². The highest BCUT2D eigenvalue weighted by Crippen LogP contribution is 2.38. The van der Waals surface area contributed by atoms with Gasteiger partial charge < -0.3 is 41.7 Å². The highest BCUT2D eigenvalue weighted by atomic mass is 35.5. The van der Waals surface area contributed by atoms with Gasteiger partial charge in [0.05, 0.1) is 0 Å². The molecule has 0 atom stereocenters. The Morgan fingerprint density at radius 3 is 0.914 bits per heavy atom. The number of aromatic nitrogens is 9. The molecule has 3 aromatic heterocycles. The largest absolute Gasteiger partial charge is 0.350 e. The molecule has 17 nitrogen and oxygen atoms in total. The number of benzene rings is 10. The van der Waals surface area contributed by atoms with Gasteiger partial charge >= 0.3 is 0 Å². The third-order valence-electron chi connectivity index (χ3n) is 17.4. The van der Waals surface area contributed by atoms with Gasteiger partial charge in [0.25, 0.3) is 0 Å². The van der Waals surface area contributed by atoms with Crippen molar-refractivity contribution in [3.63, 3.8) is 0 Å². The van der Waals surface area contributed by atoms with Crippen molar-refractivity contribution in [3.8, 4) is 0 Å². The maximum Gasteiger partial charge on any atom is 0.231 e. The van der Waals surface area contributed by atoms with Crippen LogP contribution in [0.1, 0.15) is 112 Å². The van der Waals surface area contributed by atoms with Crippen molar-refractivity contribution >= 4 is 124 Å². The standard InChI is InChI=1S/C75H80ClN17/c1-5-9-37-92(38-10-6-2)74-88-70(86-72(90-74)81-47-59-31-29-57-27-25-53-21-15-23-55-33-35-61(59)65(57)63(53)55)79-45-51-19-13-17-49(41-51)43-77-68-83-67(76)84-69(85-68)78-44-50-18-14-20-52(42-50)46-80-71-87-73(91-75(89-71)93(39-11-7-3)40-12-8-4)82-48-60-32-30-58-28-26-54-22-16-24-56-34-36-62(60)66(58)64(54)56/h13-36,41-42H,5-12,37-40,43-48H2,1-4H3,(H2,77,78,83,84,85)(H2,79,81,86,88,90)(H2,80,82,87,89,91). The molecular formula is C75H80ClN17. The zero-order chi connectivity index (χ0) is 63.5. The predicted octanol–water partition coefficient (Wildman–Crippen LogP) is 17.2. The quantitative estimate of drug-likeness (QED) is 0.0218.